The zero-order valence-corrected chi connectivity index (χ0v) is 12.7. The highest BCUT2D eigenvalue weighted by Gasteiger charge is 2.23. The average molecular weight is 262 g/mol. The molecule has 0 aliphatic heterocycles. The average Bonchev–Trinajstić information content (AvgIpc) is 2.19. The van der Waals surface area contributed by atoms with Gasteiger partial charge in [0.05, 0.1) is 31.5 Å². The molecule has 0 fully saturated rings. The van der Waals surface area contributed by atoms with E-state index < -0.39 is 0 Å². The molecule has 0 aliphatic rings. The van der Waals surface area contributed by atoms with Gasteiger partial charge in [0, 0.05) is 0 Å². The van der Waals surface area contributed by atoms with Gasteiger partial charge in [0.25, 0.3) is 0 Å². The molecule has 2 atom stereocenters. The molecule has 0 spiro atoms. The molecule has 2 unspecified atom stereocenters. The Morgan fingerprint density at radius 2 is 1.39 bits per heavy atom. The molecule has 110 valence electrons. The molecule has 0 aromatic rings. The zero-order chi connectivity index (χ0) is 14.4. The topological polar surface area (TPSA) is 58.9 Å². The van der Waals surface area contributed by atoms with Gasteiger partial charge in [0.15, 0.2) is 0 Å². The summed E-state index contributed by atoms with van der Waals surface area (Å²) in [6.07, 6.45) is 0.102. The molecule has 0 aromatic heterocycles. The van der Waals surface area contributed by atoms with Crippen LogP contribution in [0.25, 0.3) is 0 Å². The fourth-order valence-corrected chi connectivity index (χ4v) is 1.59. The molecule has 0 heterocycles. The van der Waals surface area contributed by atoms with E-state index in [9.17, 15) is 10.2 Å². The summed E-state index contributed by atoms with van der Waals surface area (Å²) in [5.74, 6) is 0. The normalized spacial score (nSPS) is 16.7. The van der Waals surface area contributed by atoms with Crippen molar-refractivity contribution in [3.63, 3.8) is 0 Å². The largest absolute Gasteiger partial charge is 0.394 e. The molecule has 0 amide bonds. The SMILES string of the molecule is CC(C)(C)CC(CO)OC(CO)COC(C)(C)C. The predicted octanol–water partition coefficient (Wildman–Crippen LogP) is 1.98. The molecular formula is C14H30O4. The van der Waals surface area contributed by atoms with Gasteiger partial charge in [-0.25, -0.2) is 0 Å². The van der Waals surface area contributed by atoms with Gasteiger partial charge in [0.1, 0.15) is 6.10 Å². The summed E-state index contributed by atoms with van der Waals surface area (Å²) in [4.78, 5) is 0. The van der Waals surface area contributed by atoms with Crippen molar-refractivity contribution in [3.8, 4) is 0 Å². The highest BCUT2D eigenvalue weighted by atomic mass is 16.6. The Balaban J connectivity index is 4.23. The molecule has 0 saturated carbocycles. The first kappa shape index (κ1) is 17.8. The van der Waals surface area contributed by atoms with Crippen molar-refractivity contribution in [3.05, 3.63) is 0 Å². The van der Waals surface area contributed by atoms with Crippen LogP contribution in [0.15, 0.2) is 0 Å². The van der Waals surface area contributed by atoms with Crippen LogP contribution in [0, 0.1) is 5.41 Å². The van der Waals surface area contributed by atoms with E-state index in [2.05, 4.69) is 20.8 Å². The highest BCUT2D eigenvalue weighted by Crippen LogP contribution is 2.23. The van der Waals surface area contributed by atoms with E-state index in [1.165, 1.54) is 0 Å². The lowest BCUT2D eigenvalue weighted by molar-refractivity contribution is -0.125. The van der Waals surface area contributed by atoms with Crippen LogP contribution in [-0.2, 0) is 9.47 Å². The Hall–Kier alpha value is -0.160. The minimum atomic E-state index is -0.385. The first-order chi connectivity index (χ1) is 8.07. The molecule has 0 bridgehead atoms. The Bertz CT molecular complexity index is 215. The van der Waals surface area contributed by atoms with Gasteiger partial charge in [-0.1, -0.05) is 20.8 Å². The van der Waals surface area contributed by atoms with Crippen molar-refractivity contribution in [2.24, 2.45) is 5.41 Å². The Morgan fingerprint density at radius 3 is 1.72 bits per heavy atom. The molecule has 4 nitrogen and oxygen atoms in total. The van der Waals surface area contributed by atoms with Gasteiger partial charge in [-0.3, -0.25) is 0 Å². The molecule has 18 heavy (non-hydrogen) atoms. The number of rotatable bonds is 7. The van der Waals surface area contributed by atoms with E-state index in [1.807, 2.05) is 20.8 Å². The van der Waals surface area contributed by atoms with Gasteiger partial charge in [-0.05, 0) is 32.6 Å². The zero-order valence-electron chi connectivity index (χ0n) is 12.7. The molecule has 2 N–H and O–H groups in total. The van der Waals surface area contributed by atoms with Crippen molar-refractivity contribution >= 4 is 0 Å². The van der Waals surface area contributed by atoms with Crippen molar-refractivity contribution in [1.29, 1.82) is 0 Å². The van der Waals surface area contributed by atoms with Crippen LogP contribution in [0.2, 0.25) is 0 Å². The second-order valence-electron chi connectivity index (χ2n) is 6.93. The third kappa shape index (κ3) is 9.83. The third-order valence-corrected chi connectivity index (χ3v) is 2.33. The second-order valence-corrected chi connectivity index (χ2v) is 6.93. The third-order valence-electron chi connectivity index (χ3n) is 2.33. The van der Waals surface area contributed by atoms with E-state index >= 15 is 0 Å². The van der Waals surface area contributed by atoms with Gasteiger partial charge in [-0.15, -0.1) is 0 Å². The van der Waals surface area contributed by atoms with E-state index in [4.69, 9.17) is 9.47 Å². The maximum Gasteiger partial charge on any atom is 0.104 e. The molecular weight excluding hydrogens is 232 g/mol. The maximum absolute atomic E-state index is 9.31. The van der Waals surface area contributed by atoms with E-state index in [-0.39, 0.29) is 36.4 Å². The smallest absolute Gasteiger partial charge is 0.104 e. The maximum atomic E-state index is 9.31. The quantitative estimate of drug-likeness (QED) is 0.736. The van der Waals surface area contributed by atoms with E-state index in [1.54, 1.807) is 0 Å². The Morgan fingerprint density at radius 1 is 0.889 bits per heavy atom. The number of hydrogen-bond donors (Lipinski definition) is 2. The predicted molar refractivity (Wildman–Crippen MR) is 72.6 cm³/mol. The lowest BCUT2D eigenvalue weighted by atomic mass is 9.89. The van der Waals surface area contributed by atoms with Crippen molar-refractivity contribution in [2.45, 2.75) is 65.8 Å². The Labute approximate surface area is 111 Å². The van der Waals surface area contributed by atoms with Crippen molar-refractivity contribution in [1.82, 2.24) is 0 Å². The molecule has 0 aromatic carbocycles. The van der Waals surface area contributed by atoms with Crippen LogP contribution in [0.1, 0.15) is 48.0 Å². The lowest BCUT2D eigenvalue weighted by Gasteiger charge is -2.29. The molecule has 4 heteroatoms. The first-order valence-corrected chi connectivity index (χ1v) is 6.58. The van der Waals surface area contributed by atoms with Crippen LogP contribution in [0.4, 0.5) is 0 Å². The summed E-state index contributed by atoms with van der Waals surface area (Å²) in [6, 6.07) is 0. The summed E-state index contributed by atoms with van der Waals surface area (Å²) in [7, 11) is 0. The summed E-state index contributed by atoms with van der Waals surface area (Å²) in [6.45, 7) is 12.4. The summed E-state index contributed by atoms with van der Waals surface area (Å²) in [5.41, 5.74) is -0.173. The van der Waals surface area contributed by atoms with Gasteiger partial charge < -0.3 is 19.7 Å². The minimum Gasteiger partial charge on any atom is -0.394 e. The number of ether oxygens (including phenoxy) is 2. The minimum absolute atomic E-state index is 0.0384. The number of aliphatic hydroxyl groups is 2. The lowest BCUT2D eigenvalue weighted by Crippen LogP contribution is -2.36. The summed E-state index contributed by atoms with van der Waals surface area (Å²) < 4.78 is 11.3. The van der Waals surface area contributed by atoms with Crippen LogP contribution < -0.4 is 0 Å². The van der Waals surface area contributed by atoms with E-state index in [0.29, 0.717) is 6.61 Å². The summed E-state index contributed by atoms with van der Waals surface area (Å²) in [5, 5.41) is 18.6. The summed E-state index contributed by atoms with van der Waals surface area (Å²) >= 11 is 0. The van der Waals surface area contributed by atoms with Crippen molar-refractivity contribution in [2.75, 3.05) is 19.8 Å². The number of hydrogen-bond acceptors (Lipinski definition) is 4. The molecule has 0 saturated heterocycles. The number of aliphatic hydroxyl groups excluding tert-OH is 2. The van der Waals surface area contributed by atoms with Crippen LogP contribution in [-0.4, -0.2) is 47.8 Å². The van der Waals surface area contributed by atoms with Crippen molar-refractivity contribution < 1.29 is 19.7 Å². The van der Waals surface area contributed by atoms with Gasteiger partial charge in [-0.2, -0.15) is 0 Å². The molecule has 0 aliphatic carbocycles. The fraction of sp³-hybridized carbons (Fsp3) is 1.00. The standard InChI is InChI=1S/C14H30O4/c1-13(2,3)7-11(8-15)18-12(9-16)10-17-14(4,5)6/h11-12,15-16H,7-10H2,1-6H3. The highest BCUT2D eigenvalue weighted by molar-refractivity contribution is 4.71. The van der Waals surface area contributed by atoms with Gasteiger partial charge >= 0.3 is 0 Å². The van der Waals surface area contributed by atoms with E-state index in [0.717, 1.165) is 6.42 Å². The van der Waals surface area contributed by atoms with Crippen LogP contribution >= 0.6 is 0 Å². The van der Waals surface area contributed by atoms with Crippen LogP contribution in [0.3, 0.4) is 0 Å². The first-order valence-electron chi connectivity index (χ1n) is 6.58. The monoisotopic (exact) mass is 262 g/mol. The second kappa shape index (κ2) is 7.43. The molecule has 0 rings (SSSR count). The molecule has 0 radical (unpaired) electrons. The Kier molecular flexibility index (Phi) is 7.37. The fourth-order valence-electron chi connectivity index (χ4n) is 1.59. The van der Waals surface area contributed by atoms with Gasteiger partial charge in [0.2, 0.25) is 0 Å². The van der Waals surface area contributed by atoms with Crippen LogP contribution in [0.5, 0.6) is 0 Å².